The summed E-state index contributed by atoms with van der Waals surface area (Å²) in [7, 11) is 3.41. The van der Waals surface area contributed by atoms with E-state index in [1.54, 1.807) is 19.5 Å². The Hall–Kier alpha value is -2.31. The predicted octanol–water partition coefficient (Wildman–Crippen LogP) is 3.96. The van der Waals surface area contributed by atoms with Crippen LogP contribution in [0.5, 0.6) is 5.75 Å². The third-order valence-corrected chi connectivity index (χ3v) is 4.61. The number of carbonyl (C=O) groups excluding carboxylic acids is 1. The van der Waals surface area contributed by atoms with Gasteiger partial charge in [0.25, 0.3) is 5.91 Å². The van der Waals surface area contributed by atoms with Crippen molar-refractivity contribution in [3.8, 4) is 5.75 Å². The summed E-state index contributed by atoms with van der Waals surface area (Å²) in [6, 6.07) is 6.00. The lowest BCUT2D eigenvalue weighted by atomic mass is 10.1. The molecule has 0 saturated carbocycles. The number of amides is 1. The second kappa shape index (κ2) is 6.90. The van der Waals surface area contributed by atoms with Crippen LogP contribution in [0, 0.1) is 5.82 Å². The fraction of sp³-hybridized carbons (Fsp3) is 0.176. The van der Waals surface area contributed by atoms with Gasteiger partial charge in [0.2, 0.25) is 0 Å². The first kappa shape index (κ1) is 17.5. The number of rotatable bonds is 4. The summed E-state index contributed by atoms with van der Waals surface area (Å²) in [4.78, 5) is 16.6. The lowest BCUT2D eigenvalue weighted by molar-refractivity contribution is 0.0950. The average Bonchev–Trinajstić information content (AvgIpc) is 2.98. The van der Waals surface area contributed by atoms with Gasteiger partial charge in [-0.2, -0.15) is 0 Å². The lowest BCUT2D eigenvalue weighted by Gasteiger charge is -2.12. The van der Waals surface area contributed by atoms with Crippen LogP contribution in [0.2, 0.25) is 10.0 Å². The molecule has 0 unspecified atom stereocenters. The molecule has 0 saturated heterocycles. The number of aromatic nitrogens is 2. The number of methoxy groups -OCH3 is 1. The van der Waals surface area contributed by atoms with Crippen molar-refractivity contribution >= 4 is 40.1 Å². The molecule has 1 aromatic heterocycles. The first-order chi connectivity index (χ1) is 11.9. The fourth-order valence-corrected chi connectivity index (χ4v) is 2.95. The Kier molecular flexibility index (Phi) is 4.83. The number of fused-ring (bicyclic) bond motifs is 1. The van der Waals surface area contributed by atoms with Gasteiger partial charge in [0.05, 0.1) is 34.5 Å². The van der Waals surface area contributed by atoms with Crippen LogP contribution in [-0.2, 0) is 13.6 Å². The molecular weight excluding hydrogens is 368 g/mol. The van der Waals surface area contributed by atoms with E-state index < -0.39 is 11.7 Å². The SMILES string of the molecule is COc1ccc2ncn(C)c2c1CNC(=O)c1cc(F)c(Cl)c(Cl)c1. The van der Waals surface area contributed by atoms with Gasteiger partial charge in [-0.15, -0.1) is 0 Å². The number of nitrogens with zero attached hydrogens (tertiary/aromatic N) is 2. The molecule has 1 amide bonds. The number of carbonyl (C=O) groups is 1. The molecule has 1 heterocycles. The van der Waals surface area contributed by atoms with Crippen molar-refractivity contribution in [3.05, 3.63) is 57.6 Å². The van der Waals surface area contributed by atoms with E-state index in [1.165, 1.54) is 6.07 Å². The second-order valence-electron chi connectivity index (χ2n) is 5.41. The van der Waals surface area contributed by atoms with Crippen LogP contribution in [-0.4, -0.2) is 22.6 Å². The van der Waals surface area contributed by atoms with Crippen LogP contribution in [0.3, 0.4) is 0 Å². The van der Waals surface area contributed by atoms with Gasteiger partial charge in [-0.1, -0.05) is 23.2 Å². The van der Waals surface area contributed by atoms with E-state index in [2.05, 4.69) is 10.3 Å². The number of halogens is 3. The normalized spacial score (nSPS) is 10.9. The zero-order valence-corrected chi connectivity index (χ0v) is 15.0. The Morgan fingerprint density at radius 1 is 1.36 bits per heavy atom. The average molecular weight is 382 g/mol. The Morgan fingerprint density at radius 2 is 2.12 bits per heavy atom. The highest BCUT2D eigenvalue weighted by atomic mass is 35.5. The van der Waals surface area contributed by atoms with E-state index in [1.807, 2.05) is 17.7 Å². The van der Waals surface area contributed by atoms with Crippen LogP contribution < -0.4 is 10.1 Å². The van der Waals surface area contributed by atoms with E-state index in [4.69, 9.17) is 27.9 Å². The monoisotopic (exact) mass is 381 g/mol. The van der Waals surface area contributed by atoms with E-state index in [0.717, 1.165) is 22.7 Å². The van der Waals surface area contributed by atoms with Gasteiger partial charge < -0.3 is 14.6 Å². The molecule has 0 spiro atoms. The van der Waals surface area contributed by atoms with E-state index in [9.17, 15) is 9.18 Å². The molecule has 0 aliphatic rings. The van der Waals surface area contributed by atoms with Gasteiger partial charge in [0.15, 0.2) is 0 Å². The molecule has 0 radical (unpaired) electrons. The summed E-state index contributed by atoms with van der Waals surface area (Å²) in [5.41, 5.74) is 2.49. The number of imidazole rings is 1. The predicted molar refractivity (Wildman–Crippen MR) is 94.9 cm³/mol. The van der Waals surface area contributed by atoms with Crippen LogP contribution in [0.4, 0.5) is 4.39 Å². The Bertz CT molecular complexity index is 949. The number of hydrogen-bond donors (Lipinski definition) is 1. The van der Waals surface area contributed by atoms with Gasteiger partial charge >= 0.3 is 0 Å². The quantitative estimate of drug-likeness (QED) is 0.695. The van der Waals surface area contributed by atoms with Crippen molar-refractivity contribution in [1.29, 1.82) is 0 Å². The number of ether oxygens (including phenoxy) is 1. The van der Waals surface area contributed by atoms with E-state index in [0.29, 0.717) is 5.75 Å². The molecule has 0 bridgehead atoms. The first-order valence-corrected chi connectivity index (χ1v) is 8.07. The molecule has 0 aliphatic heterocycles. The third kappa shape index (κ3) is 3.27. The smallest absolute Gasteiger partial charge is 0.251 e. The summed E-state index contributed by atoms with van der Waals surface area (Å²) in [6.45, 7) is 0.181. The largest absolute Gasteiger partial charge is 0.496 e. The van der Waals surface area contributed by atoms with Crippen molar-refractivity contribution in [3.63, 3.8) is 0 Å². The highest BCUT2D eigenvalue weighted by molar-refractivity contribution is 6.42. The van der Waals surface area contributed by atoms with Crippen molar-refractivity contribution in [2.45, 2.75) is 6.54 Å². The molecule has 2 aromatic carbocycles. The van der Waals surface area contributed by atoms with Gasteiger partial charge in [-0.3, -0.25) is 4.79 Å². The fourth-order valence-electron chi connectivity index (χ4n) is 2.63. The highest BCUT2D eigenvalue weighted by Crippen LogP contribution is 2.28. The molecule has 3 rings (SSSR count). The number of benzene rings is 2. The zero-order valence-electron chi connectivity index (χ0n) is 13.4. The first-order valence-electron chi connectivity index (χ1n) is 7.32. The zero-order chi connectivity index (χ0) is 18.1. The number of nitrogens with one attached hydrogen (secondary N) is 1. The highest BCUT2D eigenvalue weighted by Gasteiger charge is 2.16. The molecule has 0 aliphatic carbocycles. The lowest BCUT2D eigenvalue weighted by Crippen LogP contribution is -2.23. The Balaban J connectivity index is 1.90. The van der Waals surface area contributed by atoms with E-state index >= 15 is 0 Å². The molecule has 25 heavy (non-hydrogen) atoms. The summed E-state index contributed by atoms with van der Waals surface area (Å²) in [5, 5.41) is 2.52. The molecular formula is C17H14Cl2FN3O2. The van der Waals surface area contributed by atoms with Gasteiger partial charge in [0.1, 0.15) is 11.6 Å². The molecule has 5 nitrogen and oxygen atoms in total. The van der Waals surface area contributed by atoms with Crippen LogP contribution in [0.1, 0.15) is 15.9 Å². The summed E-state index contributed by atoms with van der Waals surface area (Å²) < 4.78 is 20.9. The topological polar surface area (TPSA) is 56.1 Å². The second-order valence-corrected chi connectivity index (χ2v) is 6.19. The maximum Gasteiger partial charge on any atom is 0.251 e. The maximum atomic E-state index is 13.7. The Morgan fingerprint density at radius 3 is 2.80 bits per heavy atom. The summed E-state index contributed by atoms with van der Waals surface area (Å²) >= 11 is 11.5. The standard InChI is InChI=1S/C17H14Cl2FN3O2/c1-23-8-22-13-3-4-14(25-2)10(16(13)23)7-21-17(24)9-5-11(18)15(19)12(20)6-9/h3-6,8H,7H2,1-2H3,(H,21,24). The van der Waals surface area contributed by atoms with Crippen LogP contribution in [0.25, 0.3) is 11.0 Å². The molecule has 1 N–H and O–H groups in total. The maximum absolute atomic E-state index is 13.7. The molecule has 130 valence electrons. The molecule has 0 fully saturated rings. The summed E-state index contributed by atoms with van der Waals surface area (Å²) in [5.74, 6) is -0.596. The van der Waals surface area contributed by atoms with Crippen molar-refractivity contribution in [2.75, 3.05) is 7.11 Å². The van der Waals surface area contributed by atoms with Crippen molar-refractivity contribution < 1.29 is 13.9 Å². The van der Waals surface area contributed by atoms with E-state index in [-0.39, 0.29) is 22.2 Å². The van der Waals surface area contributed by atoms with Gasteiger partial charge in [-0.05, 0) is 24.3 Å². The minimum Gasteiger partial charge on any atom is -0.496 e. The van der Waals surface area contributed by atoms with Crippen molar-refractivity contribution in [2.24, 2.45) is 7.05 Å². The number of hydrogen-bond acceptors (Lipinski definition) is 3. The minimum atomic E-state index is -0.745. The van der Waals surface area contributed by atoms with Crippen LogP contribution >= 0.6 is 23.2 Å². The number of aryl methyl sites for hydroxylation is 1. The molecule has 8 heteroatoms. The molecule has 0 atom stereocenters. The summed E-state index contributed by atoms with van der Waals surface area (Å²) in [6.07, 6.45) is 1.68. The minimum absolute atomic E-state index is 0.0156. The third-order valence-electron chi connectivity index (χ3n) is 3.83. The Labute approximate surface area is 153 Å². The van der Waals surface area contributed by atoms with Crippen molar-refractivity contribution in [1.82, 2.24) is 14.9 Å². The molecule has 3 aromatic rings. The van der Waals surface area contributed by atoms with Gasteiger partial charge in [-0.25, -0.2) is 9.37 Å². The van der Waals surface area contributed by atoms with Gasteiger partial charge in [0, 0.05) is 24.7 Å². The van der Waals surface area contributed by atoms with Crippen LogP contribution in [0.15, 0.2) is 30.6 Å².